The van der Waals surface area contributed by atoms with E-state index >= 15 is 0 Å². The molecule has 0 aliphatic carbocycles. The molecule has 0 saturated carbocycles. The third-order valence-electron chi connectivity index (χ3n) is 4.49. The van der Waals surface area contributed by atoms with Gasteiger partial charge in [0.15, 0.2) is 0 Å². The average molecular weight is 293 g/mol. The summed E-state index contributed by atoms with van der Waals surface area (Å²) >= 11 is 1.69. The first-order valence-electron chi connectivity index (χ1n) is 7.53. The minimum atomic E-state index is -0.0723. The van der Waals surface area contributed by atoms with Crippen LogP contribution in [-0.2, 0) is 4.79 Å². The van der Waals surface area contributed by atoms with Crippen LogP contribution in [0.15, 0.2) is 16.8 Å². The van der Waals surface area contributed by atoms with Gasteiger partial charge in [-0.3, -0.25) is 10.1 Å². The van der Waals surface area contributed by atoms with Gasteiger partial charge in [0.05, 0.1) is 6.04 Å². The van der Waals surface area contributed by atoms with E-state index in [1.54, 1.807) is 11.3 Å². The van der Waals surface area contributed by atoms with Crippen molar-refractivity contribution in [3.63, 3.8) is 0 Å². The molecule has 1 aromatic rings. The van der Waals surface area contributed by atoms with Crippen LogP contribution < -0.4 is 5.32 Å². The monoisotopic (exact) mass is 293 g/mol. The lowest BCUT2D eigenvalue weighted by molar-refractivity contribution is -0.133. The second-order valence-corrected chi connectivity index (χ2v) is 6.56. The first-order chi connectivity index (χ1) is 9.70. The van der Waals surface area contributed by atoms with Crippen molar-refractivity contribution in [3.8, 4) is 0 Å². The molecule has 3 rings (SSSR count). The molecule has 110 valence electrons. The molecule has 0 spiro atoms. The number of carbonyl (C=O) groups excluding carboxylic acids is 1. The third kappa shape index (κ3) is 2.50. The predicted octanol–water partition coefficient (Wildman–Crippen LogP) is 2.05. The topological polar surface area (TPSA) is 35.6 Å². The number of thiophene rings is 1. The normalized spacial score (nSPS) is 32.0. The molecule has 3 unspecified atom stereocenters. The number of piperidine rings is 1. The van der Waals surface area contributed by atoms with Crippen molar-refractivity contribution >= 4 is 17.2 Å². The minimum Gasteiger partial charge on any atom is -0.317 e. The Morgan fingerprint density at radius 1 is 1.50 bits per heavy atom. The lowest BCUT2D eigenvalue weighted by atomic mass is 10.0. The van der Waals surface area contributed by atoms with Gasteiger partial charge in [0.25, 0.3) is 0 Å². The maximum atomic E-state index is 12.6. The van der Waals surface area contributed by atoms with E-state index in [0.29, 0.717) is 6.04 Å². The van der Waals surface area contributed by atoms with Crippen molar-refractivity contribution in [3.05, 3.63) is 22.4 Å². The van der Waals surface area contributed by atoms with Crippen molar-refractivity contribution in [1.82, 2.24) is 15.1 Å². The van der Waals surface area contributed by atoms with Gasteiger partial charge in [0, 0.05) is 12.6 Å². The minimum absolute atomic E-state index is 0.0607. The average Bonchev–Trinajstić information content (AvgIpc) is 3.08. The maximum absolute atomic E-state index is 12.6. The molecule has 0 radical (unpaired) electrons. The number of nitrogens with zero attached hydrogens (tertiary/aromatic N) is 2. The summed E-state index contributed by atoms with van der Waals surface area (Å²) in [6.07, 6.45) is 2.37. The lowest BCUT2D eigenvalue weighted by Crippen LogP contribution is -2.49. The van der Waals surface area contributed by atoms with Gasteiger partial charge >= 0.3 is 0 Å². The van der Waals surface area contributed by atoms with Crippen LogP contribution in [0.5, 0.6) is 0 Å². The summed E-state index contributed by atoms with van der Waals surface area (Å²) in [6, 6.07) is 2.40. The summed E-state index contributed by atoms with van der Waals surface area (Å²) in [5.74, 6) is 0.254. The zero-order valence-corrected chi connectivity index (χ0v) is 13.0. The fourth-order valence-electron chi connectivity index (χ4n) is 3.36. The zero-order valence-electron chi connectivity index (χ0n) is 12.2. The molecule has 0 aromatic carbocycles. The number of hydrogen-bond acceptors (Lipinski definition) is 4. The molecule has 20 heavy (non-hydrogen) atoms. The number of carbonyl (C=O) groups is 1. The van der Waals surface area contributed by atoms with Crippen molar-refractivity contribution < 1.29 is 4.79 Å². The van der Waals surface area contributed by atoms with Gasteiger partial charge in [-0.25, -0.2) is 0 Å². The standard InChI is InChI=1S/C15H23N3OS/c1-3-17-7-4-5-13(9-17)18-14(12-6-8-20-10-12)16-11(2)15(18)19/h6,8,10-11,13-14,16H,3-5,7,9H2,1-2H3. The first-order valence-corrected chi connectivity index (χ1v) is 8.47. The van der Waals surface area contributed by atoms with Crippen LogP contribution >= 0.6 is 11.3 Å². The summed E-state index contributed by atoms with van der Waals surface area (Å²) < 4.78 is 0. The van der Waals surface area contributed by atoms with Crippen molar-refractivity contribution in [2.75, 3.05) is 19.6 Å². The molecule has 2 aliphatic heterocycles. The van der Waals surface area contributed by atoms with Gasteiger partial charge in [0.1, 0.15) is 6.17 Å². The number of nitrogens with one attached hydrogen (secondary N) is 1. The Balaban J connectivity index is 1.82. The Bertz CT molecular complexity index is 462. The highest BCUT2D eigenvalue weighted by Crippen LogP contribution is 2.31. The van der Waals surface area contributed by atoms with Crippen molar-refractivity contribution in [1.29, 1.82) is 0 Å². The van der Waals surface area contributed by atoms with Crippen molar-refractivity contribution in [2.45, 2.75) is 44.9 Å². The van der Waals surface area contributed by atoms with Crippen LogP contribution in [0.3, 0.4) is 0 Å². The largest absolute Gasteiger partial charge is 0.317 e. The molecule has 1 amide bonds. The van der Waals surface area contributed by atoms with Crippen molar-refractivity contribution in [2.24, 2.45) is 0 Å². The summed E-state index contributed by atoms with van der Waals surface area (Å²) in [4.78, 5) is 17.1. The second-order valence-electron chi connectivity index (χ2n) is 5.78. The second kappa shape index (κ2) is 5.84. The highest BCUT2D eigenvalue weighted by Gasteiger charge is 2.42. The van der Waals surface area contributed by atoms with Gasteiger partial charge < -0.3 is 9.80 Å². The third-order valence-corrected chi connectivity index (χ3v) is 5.19. The quantitative estimate of drug-likeness (QED) is 0.926. The molecular weight excluding hydrogens is 270 g/mol. The van der Waals surface area contributed by atoms with Gasteiger partial charge in [-0.15, -0.1) is 0 Å². The lowest BCUT2D eigenvalue weighted by Gasteiger charge is -2.39. The zero-order chi connectivity index (χ0) is 14.1. The highest BCUT2D eigenvalue weighted by molar-refractivity contribution is 7.07. The molecule has 2 aliphatic rings. The number of likely N-dealkylation sites (tertiary alicyclic amines) is 1. The van der Waals surface area contributed by atoms with Crippen LogP contribution in [0, 0.1) is 0 Å². The summed E-state index contributed by atoms with van der Waals surface area (Å²) in [7, 11) is 0. The van der Waals surface area contributed by atoms with Crippen LogP contribution in [0.4, 0.5) is 0 Å². The van der Waals surface area contributed by atoms with E-state index in [1.165, 1.54) is 18.5 Å². The Morgan fingerprint density at radius 3 is 3.05 bits per heavy atom. The van der Waals surface area contributed by atoms with Gasteiger partial charge in [0.2, 0.25) is 5.91 Å². The summed E-state index contributed by atoms with van der Waals surface area (Å²) in [5.41, 5.74) is 1.22. The van der Waals surface area contributed by atoms with Crippen LogP contribution in [0.2, 0.25) is 0 Å². The number of amides is 1. The SMILES string of the molecule is CCN1CCCC(N2C(=O)C(C)NC2c2ccsc2)C1. The Hall–Kier alpha value is -0.910. The number of hydrogen-bond donors (Lipinski definition) is 1. The van der Waals surface area contributed by atoms with Gasteiger partial charge in [-0.05, 0) is 55.2 Å². The van der Waals surface area contributed by atoms with E-state index in [2.05, 4.69) is 38.9 Å². The molecule has 5 heteroatoms. The molecule has 3 atom stereocenters. The van der Waals surface area contributed by atoms with E-state index in [1.807, 2.05) is 6.92 Å². The fourth-order valence-corrected chi connectivity index (χ4v) is 4.04. The molecule has 1 aromatic heterocycles. The molecule has 2 saturated heterocycles. The van der Waals surface area contributed by atoms with E-state index in [4.69, 9.17) is 0 Å². The van der Waals surface area contributed by atoms with E-state index in [0.717, 1.165) is 19.5 Å². The number of likely N-dealkylation sites (N-methyl/N-ethyl adjacent to an activating group) is 1. The highest BCUT2D eigenvalue weighted by atomic mass is 32.1. The van der Waals surface area contributed by atoms with E-state index in [-0.39, 0.29) is 18.1 Å². The van der Waals surface area contributed by atoms with Crippen LogP contribution in [0.1, 0.15) is 38.4 Å². The smallest absolute Gasteiger partial charge is 0.241 e. The molecule has 4 nitrogen and oxygen atoms in total. The fraction of sp³-hybridized carbons (Fsp3) is 0.667. The number of rotatable bonds is 3. The van der Waals surface area contributed by atoms with Gasteiger partial charge in [-0.1, -0.05) is 6.92 Å². The molecule has 0 bridgehead atoms. The molecular formula is C15H23N3OS. The Morgan fingerprint density at radius 2 is 2.35 bits per heavy atom. The molecule has 3 heterocycles. The molecule has 2 fully saturated rings. The van der Waals surface area contributed by atoms with E-state index < -0.39 is 0 Å². The van der Waals surface area contributed by atoms with Crippen LogP contribution in [0.25, 0.3) is 0 Å². The Kier molecular flexibility index (Phi) is 4.10. The maximum Gasteiger partial charge on any atom is 0.241 e. The van der Waals surface area contributed by atoms with E-state index in [9.17, 15) is 4.79 Å². The predicted molar refractivity (Wildman–Crippen MR) is 81.6 cm³/mol. The Labute approximate surface area is 124 Å². The van der Waals surface area contributed by atoms with Crippen LogP contribution in [-0.4, -0.2) is 47.4 Å². The molecule has 1 N–H and O–H groups in total. The summed E-state index contributed by atoms with van der Waals surface area (Å²) in [6.45, 7) is 7.43. The first kappa shape index (κ1) is 14.0. The van der Waals surface area contributed by atoms with Gasteiger partial charge in [-0.2, -0.15) is 11.3 Å². The summed E-state index contributed by atoms with van der Waals surface area (Å²) in [5, 5.41) is 7.69.